The molecule has 0 saturated carbocycles. The first-order valence-electron chi connectivity index (χ1n) is 4.99. The van der Waals surface area contributed by atoms with E-state index in [0.29, 0.717) is 0 Å². The SMILES string of the molecule is O=C(O)CNC(=O)c1ccoc1C(=O)NCC(=O)O. The van der Waals surface area contributed by atoms with Crippen molar-refractivity contribution in [2.45, 2.75) is 0 Å². The summed E-state index contributed by atoms with van der Waals surface area (Å²) in [5, 5.41) is 20.9. The molecular weight excluding hydrogens is 260 g/mol. The lowest BCUT2D eigenvalue weighted by molar-refractivity contribution is -0.136. The van der Waals surface area contributed by atoms with Crippen LogP contribution in [0.1, 0.15) is 20.9 Å². The molecule has 0 bridgehead atoms. The average molecular weight is 270 g/mol. The van der Waals surface area contributed by atoms with Crippen LogP contribution in [-0.4, -0.2) is 47.1 Å². The van der Waals surface area contributed by atoms with E-state index in [4.69, 9.17) is 14.6 Å². The van der Waals surface area contributed by atoms with Gasteiger partial charge in [0, 0.05) is 0 Å². The average Bonchev–Trinajstić information content (AvgIpc) is 2.82. The maximum atomic E-state index is 11.5. The highest BCUT2D eigenvalue weighted by molar-refractivity contribution is 6.06. The highest BCUT2D eigenvalue weighted by Crippen LogP contribution is 2.10. The van der Waals surface area contributed by atoms with Crippen molar-refractivity contribution in [1.82, 2.24) is 10.6 Å². The zero-order valence-corrected chi connectivity index (χ0v) is 9.50. The van der Waals surface area contributed by atoms with E-state index in [1.54, 1.807) is 0 Å². The number of furan rings is 1. The van der Waals surface area contributed by atoms with Gasteiger partial charge in [0.1, 0.15) is 13.1 Å². The summed E-state index contributed by atoms with van der Waals surface area (Å²) in [6, 6.07) is 1.17. The molecule has 0 aliphatic heterocycles. The Bertz CT molecular complexity index is 475. The molecule has 1 aromatic rings. The smallest absolute Gasteiger partial charge is 0.322 e. The third-order valence-corrected chi connectivity index (χ3v) is 1.92. The summed E-state index contributed by atoms with van der Waals surface area (Å²) in [5.41, 5.74) is -0.177. The van der Waals surface area contributed by atoms with Crippen molar-refractivity contribution in [3.8, 4) is 0 Å². The van der Waals surface area contributed by atoms with Gasteiger partial charge in [-0.15, -0.1) is 0 Å². The van der Waals surface area contributed by atoms with Gasteiger partial charge in [-0.05, 0) is 6.07 Å². The summed E-state index contributed by atoms with van der Waals surface area (Å²) in [4.78, 5) is 43.6. The van der Waals surface area contributed by atoms with E-state index >= 15 is 0 Å². The first-order chi connectivity index (χ1) is 8.91. The number of hydrogen-bond acceptors (Lipinski definition) is 5. The van der Waals surface area contributed by atoms with Crippen LogP contribution in [0.15, 0.2) is 16.7 Å². The van der Waals surface area contributed by atoms with Crippen LogP contribution in [0, 0.1) is 0 Å². The second-order valence-corrected chi connectivity index (χ2v) is 3.32. The number of hydrogen-bond donors (Lipinski definition) is 4. The Balaban J connectivity index is 2.73. The number of amides is 2. The summed E-state index contributed by atoms with van der Waals surface area (Å²) in [7, 11) is 0. The van der Waals surface area contributed by atoms with E-state index in [0.717, 1.165) is 6.26 Å². The molecule has 9 heteroatoms. The lowest BCUT2D eigenvalue weighted by Crippen LogP contribution is -2.33. The third-order valence-electron chi connectivity index (χ3n) is 1.92. The molecule has 1 rings (SSSR count). The van der Waals surface area contributed by atoms with Crippen LogP contribution in [-0.2, 0) is 9.59 Å². The first-order valence-corrected chi connectivity index (χ1v) is 4.99. The predicted molar refractivity (Wildman–Crippen MR) is 58.6 cm³/mol. The molecule has 0 fully saturated rings. The summed E-state index contributed by atoms with van der Waals surface area (Å²) < 4.78 is 4.77. The molecule has 2 amide bonds. The molecule has 4 N–H and O–H groups in total. The van der Waals surface area contributed by atoms with Gasteiger partial charge in [-0.1, -0.05) is 0 Å². The zero-order valence-electron chi connectivity index (χ0n) is 9.50. The highest BCUT2D eigenvalue weighted by Gasteiger charge is 2.21. The molecule has 1 heterocycles. The van der Waals surface area contributed by atoms with Crippen LogP contribution in [0.25, 0.3) is 0 Å². The minimum absolute atomic E-state index is 0.177. The van der Waals surface area contributed by atoms with E-state index in [2.05, 4.69) is 0 Å². The Labute approximate surface area is 106 Å². The van der Waals surface area contributed by atoms with Crippen molar-refractivity contribution >= 4 is 23.8 Å². The van der Waals surface area contributed by atoms with Crippen LogP contribution in [0.4, 0.5) is 0 Å². The Morgan fingerprint density at radius 2 is 1.53 bits per heavy atom. The van der Waals surface area contributed by atoms with E-state index < -0.39 is 36.8 Å². The maximum Gasteiger partial charge on any atom is 0.322 e. The van der Waals surface area contributed by atoms with Gasteiger partial charge in [-0.3, -0.25) is 19.2 Å². The molecule has 0 aromatic carbocycles. The van der Waals surface area contributed by atoms with Crippen molar-refractivity contribution in [2.75, 3.05) is 13.1 Å². The van der Waals surface area contributed by atoms with E-state index in [9.17, 15) is 19.2 Å². The van der Waals surface area contributed by atoms with E-state index in [-0.39, 0.29) is 11.3 Å². The largest absolute Gasteiger partial charge is 0.480 e. The molecule has 19 heavy (non-hydrogen) atoms. The Hall–Kier alpha value is -2.84. The van der Waals surface area contributed by atoms with Crippen molar-refractivity contribution in [2.24, 2.45) is 0 Å². The molecule has 0 spiro atoms. The van der Waals surface area contributed by atoms with Crippen LogP contribution in [0.3, 0.4) is 0 Å². The fourth-order valence-electron chi connectivity index (χ4n) is 1.15. The minimum Gasteiger partial charge on any atom is -0.480 e. The lowest BCUT2D eigenvalue weighted by Gasteiger charge is -2.03. The number of carboxylic acid groups (broad SMARTS) is 2. The molecule has 0 atom stereocenters. The number of rotatable bonds is 6. The quantitative estimate of drug-likeness (QED) is 0.513. The van der Waals surface area contributed by atoms with Gasteiger partial charge < -0.3 is 25.3 Å². The van der Waals surface area contributed by atoms with Crippen molar-refractivity contribution < 1.29 is 33.8 Å². The van der Waals surface area contributed by atoms with Gasteiger partial charge in [0.15, 0.2) is 0 Å². The summed E-state index contributed by atoms with van der Waals surface area (Å²) in [5.74, 6) is -4.57. The van der Waals surface area contributed by atoms with Gasteiger partial charge in [-0.2, -0.15) is 0 Å². The molecule has 9 nitrogen and oxygen atoms in total. The first kappa shape index (κ1) is 14.2. The number of carboxylic acids is 2. The second-order valence-electron chi connectivity index (χ2n) is 3.32. The van der Waals surface area contributed by atoms with Crippen LogP contribution >= 0.6 is 0 Å². The van der Waals surface area contributed by atoms with E-state index in [1.165, 1.54) is 6.07 Å². The summed E-state index contributed by atoms with van der Waals surface area (Å²) >= 11 is 0. The Morgan fingerprint density at radius 1 is 1.00 bits per heavy atom. The monoisotopic (exact) mass is 270 g/mol. The molecule has 0 aliphatic rings. The third kappa shape index (κ3) is 4.15. The van der Waals surface area contributed by atoms with Gasteiger partial charge in [0.25, 0.3) is 11.8 Å². The molecular formula is C10H10N2O7. The normalized spacial score (nSPS) is 9.68. The minimum atomic E-state index is -1.25. The predicted octanol–water partition coefficient (Wildman–Crippen LogP) is -1.09. The molecule has 0 saturated heterocycles. The molecule has 0 unspecified atom stereocenters. The molecule has 102 valence electrons. The standard InChI is InChI=1S/C10H10N2O7/c13-6(14)3-11-9(17)5-1-2-19-8(5)10(18)12-4-7(15)16/h1-2H,3-4H2,(H,11,17)(H,12,18)(H,13,14)(H,15,16). The van der Waals surface area contributed by atoms with Crippen molar-refractivity contribution in [1.29, 1.82) is 0 Å². The number of carbonyl (C=O) groups excluding carboxylic acids is 2. The molecule has 1 aromatic heterocycles. The number of carbonyl (C=O) groups is 4. The van der Waals surface area contributed by atoms with Gasteiger partial charge in [0.05, 0.1) is 11.8 Å². The Kier molecular flexibility index (Phi) is 4.63. The maximum absolute atomic E-state index is 11.5. The number of nitrogens with one attached hydrogen (secondary N) is 2. The van der Waals surface area contributed by atoms with Gasteiger partial charge in [-0.25, -0.2) is 0 Å². The van der Waals surface area contributed by atoms with Gasteiger partial charge in [0.2, 0.25) is 5.76 Å². The lowest BCUT2D eigenvalue weighted by atomic mass is 10.2. The number of aliphatic carboxylic acids is 2. The topological polar surface area (TPSA) is 146 Å². The molecule has 0 aliphatic carbocycles. The highest BCUT2D eigenvalue weighted by atomic mass is 16.4. The van der Waals surface area contributed by atoms with Gasteiger partial charge >= 0.3 is 11.9 Å². The van der Waals surface area contributed by atoms with E-state index in [1.807, 2.05) is 10.6 Å². The second kappa shape index (κ2) is 6.19. The van der Waals surface area contributed by atoms with Crippen LogP contribution in [0.2, 0.25) is 0 Å². The fourth-order valence-corrected chi connectivity index (χ4v) is 1.15. The summed E-state index contributed by atoms with van der Waals surface area (Å²) in [6.07, 6.45) is 1.06. The zero-order chi connectivity index (χ0) is 14.4. The summed E-state index contributed by atoms with van der Waals surface area (Å²) in [6.45, 7) is -1.24. The van der Waals surface area contributed by atoms with Crippen molar-refractivity contribution in [3.05, 3.63) is 23.7 Å². The van der Waals surface area contributed by atoms with Crippen molar-refractivity contribution in [3.63, 3.8) is 0 Å². The van der Waals surface area contributed by atoms with Crippen LogP contribution in [0.5, 0.6) is 0 Å². The molecule has 0 radical (unpaired) electrons. The fraction of sp³-hybridized carbons (Fsp3) is 0.200. The Morgan fingerprint density at radius 3 is 2.05 bits per heavy atom. The van der Waals surface area contributed by atoms with Crippen LogP contribution < -0.4 is 10.6 Å².